The molecule has 2 aromatic rings. The minimum absolute atomic E-state index is 0.141. The lowest BCUT2D eigenvalue weighted by molar-refractivity contribution is 0.179. The summed E-state index contributed by atoms with van der Waals surface area (Å²) in [5.41, 5.74) is 3.87. The van der Waals surface area contributed by atoms with Gasteiger partial charge in [-0.05, 0) is 29.9 Å². The number of nitrogens with one attached hydrogen (secondary N) is 2. The zero-order valence-electron chi connectivity index (χ0n) is 12.2. The van der Waals surface area contributed by atoms with E-state index in [0.29, 0.717) is 11.7 Å². The van der Waals surface area contributed by atoms with Crippen LogP contribution >= 0.6 is 12.2 Å². The van der Waals surface area contributed by atoms with Crippen LogP contribution in [0.15, 0.2) is 47.6 Å². The summed E-state index contributed by atoms with van der Waals surface area (Å²) in [6, 6.07) is 14.5. The number of hydrazone groups is 1. The van der Waals surface area contributed by atoms with Gasteiger partial charge >= 0.3 is 0 Å². The molecule has 0 aliphatic heterocycles. The molecule has 0 aromatic heterocycles. The first kappa shape index (κ1) is 15.4. The number of nitrogens with zero attached hydrogens (tertiary/aromatic N) is 1. The molecule has 0 radical (unpaired) electrons. The number of hydrogen-bond acceptors (Lipinski definition) is 3. The molecule has 2 aromatic carbocycles. The number of benzene rings is 2. The average molecular weight is 301 g/mol. The van der Waals surface area contributed by atoms with Crippen molar-refractivity contribution in [3.63, 3.8) is 0 Å². The Morgan fingerprint density at radius 1 is 1.29 bits per heavy atom. The van der Waals surface area contributed by atoms with E-state index in [4.69, 9.17) is 17.0 Å². The number of fused-ring (bicyclic) bond motifs is 1. The van der Waals surface area contributed by atoms with E-state index in [-0.39, 0.29) is 6.04 Å². The molecule has 0 heterocycles. The van der Waals surface area contributed by atoms with Crippen LogP contribution in [0.2, 0.25) is 0 Å². The first-order valence-corrected chi connectivity index (χ1v) is 7.18. The Hall–Kier alpha value is -1.98. The predicted molar refractivity (Wildman–Crippen MR) is 91.7 cm³/mol. The van der Waals surface area contributed by atoms with Crippen molar-refractivity contribution in [2.24, 2.45) is 5.10 Å². The molecule has 21 heavy (non-hydrogen) atoms. The van der Waals surface area contributed by atoms with Crippen molar-refractivity contribution in [3.8, 4) is 0 Å². The second-order valence-corrected chi connectivity index (χ2v) is 5.18. The van der Waals surface area contributed by atoms with Gasteiger partial charge in [0.2, 0.25) is 0 Å². The smallest absolute Gasteiger partial charge is 0.187 e. The van der Waals surface area contributed by atoms with Crippen LogP contribution in [-0.4, -0.2) is 31.1 Å². The van der Waals surface area contributed by atoms with Crippen molar-refractivity contribution in [3.05, 3.63) is 48.0 Å². The zero-order chi connectivity index (χ0) is 15.1. The van der Waals surface area contributed by atoms with Crippen molar-refractivity contribution in [2.75, 3.05) is 13.7 Å². The fourth-order valence-electron chi connectivity index (χ4n) is 2.07. The lowest BCUT2D eigenvalue weighted by Crippen LogP contribution is -2.40. The summed E-state index contributed by atoms with van der Waals surface area (Å²) in [5, 5.41) is 10.1. The molecule has 5 heteroatoms. The molecular weight excluding hydrogens is 282 g/mol. The van der Waals surface area contributed by atoms with Gasteiger partial charge in [-0.3, -0.25) is 5.43 Å². The molecule has 0 aliphatic rings. The van der Waals surface area contributed by atoms with Crippen molar-refractivity contribution in [1.29, 1.82) is 0 Å². The van der Waals surface area contributed by atoms with E-state index in [1.165, 1.54) is 5.39 Å². The van der Waals surface area contributed by atoms with Crippen LogP contribution in [0.5, 0.6) is 0 Å². The summed E-state index contributed by atoms with van der Waals surface area (Å²) in [4.78, 5) is 0. The molecule has 0 saturated carbocycles. The fourth-order valence-corrected chi connectivity index (χ4v) is 2.33. The monoisotopic (exact) mass is 301 g/mol. The second-order valence-electron chi connectivity index (χ2n) is 4.77. The zero-order valence-corrected chi connectivity index (χ0v) is 13.0. The van der Waals surface area contributed by atoms with Gasteiger partial charge in [0.05, 0.1) is 12.8 Å². The summed E-state index contributed by atoms with van der Waals surface area (Å²) >= 11 is 5.16. The van der Waals surface area contributed by atoms with Gasteiger partial charge in [-0.1, -0.05) is 42.5 Å². The molecule has 0 bridgehead atoms. The number of rotatable bonds is 5. The van der Waals surface area contributed by atoms with Gasteiger partial charge in [-0.25, -0.2) is 0 Å². The number of ether oxygens (including phenoxy) is 1. The van der Waals surface area contributed by atoms with Crippen molar-refractivity contribution in [2.45, 2.75) is 13.0 Å². The Balaban J connectivity index is 1.99. The molecule has 4 nitrogen and oxygen atoms in total. The Morgan fingerprint density at radius 2 is 2.05 bits per heavy atom. The number of methoxy groups -OCH3 is 1. The summed E-state index contributed by atoms with van der Waals surface area (Å²) in [5.74, 6) is 0. The van der Waals surface area contributed by atoms with Crippen LogP contribution in [0.1, 0.15) is 12.5 Å². The van der Waals surface area contributed by atoms with Crippen LogP contribution in [0.3, 0.4) is 0 Å². The fraction of sp³-hybridized carbons (Fsp3) is 0.250. The van der Waals surface area contributed by atoms with Crippen LogP contribution < -0.4 is 10.7 Å². The molecule has 2 rings (SSSR count). The van der Waals surface area contributed by atoms with Crippen molar-refractivity contribution in [1.82, 2.24) is 10.7 Å². The van der Waals surface area contributed by atoms with E-state index in [9.17, 15) is 0 Å². The Kier molecular flexibility index (Phi) is 5.66. The van der Waals surface area contributed by atoms with Gasteiger partial charge < -0.3 is 10.1 Å². The second kappa shape index (κ2) is 7.71. The average Bonchev–Trinajstić information content (AvgIpc) is 2.47. The molecule has 1 atom stereocenters. The summed E-state index contributed by atoms with van der Waals surface area (Å²) < 4.78 is 5.04. The van der Waals surface area contributed by atoms with Gasteiger partial charge in [0, 0.05) is 18.7 Å². The summed E-state index contributed by atoms with van der Waals surface area (Å²) in [7, 11) is 1.66. The highest BCUT2D eigenvalue weighted by Crippen LogP contribution is 2.16. The van der Waals surface area contributed by atoms with Gasteiger partial charge in [-0.2, -0.15) is 5.10 Å². The van der Waals surface area contributed by atoms with Gasteiger partial charge in [0.15, 0.2) is 5.11 Å². The van der Waals surface area contributed by atoms with E-state index < -0.39 is 0 Å². The highest BCUT2D eigenvalue weighted by molar-refractivity contribution is 7.80. The summed E-state index contributed by atoms with van der Waals surface area (Å²) in [6.45, 7) is 2.58. The Labute approximate surface area is 130 Å². The standard InChI is InChI=1S/C16H19N3OS/c1-12(11-20-2)18-16(21)19-17-10-14-8-5-7-13-6-3-4-9-15(13)14/h3-10,12H,11H2,1-2H3,(H2,18,19,21)/b17-10-/t12-/m1/s1. The number of thiocarbonyl (C=S) groups is 1. The van der Waals surface area contributed by atoms with E-state index >= 15 is 0 Å². The van der Waals surface area contributed by atoms with Crippen molar-refractivity contribution < 1.29 is 4.74 Å². The third-order valence-corrected chi connectivity index (χ3v) is 3.20. The molecule has 2 N–H and O–H groups in total. The van der Waals surface area contributed by atoms with Gasteiger partial charge in [-0.15, -0.1) is 0 Å². The lowest BCUT2D eigenvalue weighted by Gasteiger charge is -2.13. The predicted octanol–water partition coefficient (Wildman–Crippen LogP) is 2.67. The molecular formula is C16H19N3OS. The maximum Gasteiger partial charge on any atom is 0.187 e. The largest absolute Gasteiger partial charge is 0.383 e. The SMILES string of the molecule is COC[C@@H](C)NC(=S)N/N=C\c1cccc2ccccc12. The lowest BCUT2D eigenvalue weighted by atomic mass is 10.1. The van der Waals surface area contributed by atoms with E-state index in [1.54, 1.807) is 13.3 Å². The van der Waals surface area contributed by atoms with E-state index in [2.05, 4.69) is 34.0 Å². The number of hydrogen-bond donors (Lipinski definition) is 2. The van der Waals surface area contributed by atoms with E-state index in [1.807, 2.05) is 31.2 Å². The molecule has 110 valence electrons. The Morgan fingerprint density at radius 3 is 2.86 bits per heavy atom. The molecule has 0 spiro atoms. The topological polar surface area (TPSA) is 45.6 Å². The van der Waals surface area contributed by atoms with E-state index in [0.717, 1.165) is 10.9 Å². The molecule has 0 aliphatic carbocycles. The van der Waals surface area contributed by atoms with Crippen molar-refractivity contribution >= 4 is 34.3 Å². The highest BCUT2D eigenvalue weighted by atomic mass is 32.1. The van der Waals surface area contributed by atoms with Gasteiger partial charge in [0.25, 0.3) is 0 Å². The van der Waals surface area contributed by atoms with Crippen LogP contribution in [0.25, 0.3) is 10.8 Å². The third kappa shape index (κ3) is 4.51. The molecule has 0 saturated heterocycles. The third-order valence-electron chi connectivity index (χ3n) is 2.99. The van der Waals surface area contributed by atoms with Crippen LogP contribution in [-0.2, 0) is 4.74 Å². The van der Waals surface area contributed by atoms with Crippen LogP contribution in [0, 0.1) is 0 Å². The maximum atomic E-state index is 5.16. The summed E-state index contributed by atoms with van der Waals surface area (Å²) in [6.07, 6.45) is 1.78. The first-order chi connectivity index (χ1) is 10.2. The quantitative estimate of drug-likeness (QED) is 0.506. The minimum Gasteiger partial charge on any atom is -0.383 e. The van der Waals surface area contributed by atoms with Gasteiger partial charge in [0.1, 0.15) is 0 Å². The maximum absolute atomic E-state index is 5.16. The van der Waals surface area contributed by atoms with Crippen LogP contribution in [0.4, 0.5) is 0 Å². The molecule has 0 unspecified atom stereocenters. The normalized spacial score (nSPS) is 12.5. The Bertz CT molecular complexity index is 637. The molecule has 0 fully saturated rings. The highest BCUT2D eigenvalue weighted by Gasteiger charge is 2.02. The first-order valence-electron chi connectivity index (χ1n) is 6.77. The minimum atomic E-state index is 0.141. The molecule has 0 amide bonds.